The summed E-state index contributed by atoms with van der Waals surface area (Å²) in [5.41, 5.74) is 0.488. The van der Waals surface area contributed by atoms with Crippen LogP contribution in [0.3, 0.4) is 0 Å². The van der Waals surface area contributed by atoms with E-state index >= 15 is 0 Å². The van der Waals surface area contributed by atoms with Gasteiger partial charge in [-0.2, -0.15) is 0 Å². The summed E-state index contributed by atoms with van der Waals surface area (Å²) < 4.78 is 9.01. The molecule has 60 valence electrons. The van der Waals surface area contributed by atoms with E-state index in [-0.39, 0.29) is 11.1 Å². The van der Waals surface area contributed by atoms with Crippen LogP contribution in [0.2, 0.25) is 0 Å². The van der Waals surface area contributed by atoms with E-state index in [9.17, 15) is 9.59 Å². The lowest BCUT2D eigenvalue weighted by atomic mass is 10.1. The van der Waals surface area contributed by atoms with Crippen LogP contribution < -0.4 is 0 Å². The Labute approximate surface area is 67.8 Å². The van der Waals surface area contributed by atoms with Gasteiger partial charge < -0.3 is 9.47 Å². The van der Waals surface area contributed by atoms with Gasteiger partial charge in [0.2, 0.25) is 0 Å². The predicted octanol–water partition coefficient (Wildman–Crippen LogP) is 0.424. The van der Waals surface area contributed by atoms with Crippen LogP contribution in [-0.2, 0) is 19.1 Å². The summed E-state index contributed by atoms with van der Waals surface area (Å²) >= 11 is 0. The Morgan fingerprint density at radius 1 is 0.833 bits per heavy atom. The minimum absolute atomic E-state index is 0.244. The van der Waals surface area contributed by atoms with Gasteiger partial charge in [0, 0.05) is 0 Å². The van der Waals surface area contributed by atoms with E-state index in [1.165, 1.54) is 24.7 Å². The lowest BCUT2D eigenvalue weighted by Gasteiger charge is -1.93. The van der Waals surface area contributed by atoms with Crippen molar-refractivity contribution in [3.8, 4) is 0 Å². The predicted molar refractivity (Wildman–Crippen MR) is 37.5 cm³/mol. The summed E-state index contributed by atoms with van der Waals surface area (Å²) in [7, 11) is 0. The molecule has 0 aromatic carbocycles. The molecule has 0 atom stereocenters. The molecule has 2 heterocycles. The van der Waals surface area contributed by atoms with Crippen molar-refractivity contribution in [2.45, 2.75) is 0 Å². The van der Waals surface area contributed by atoms with Gasteiger partial charge in [-0.15, -0.1) is 0 Å². The molecular formula is C8H4O4. The van der Waals surface area contributed by atoms with Crippen molar-refractivity contribution in [3.05, 3.63) is 35.8 Å². The molecule has 0 N–H and O–H groups in total. The van der Waals surface area contributed by atoms with E-state index < -0.39 is 11.9 Å². The van der Waals surface area contributed by atoms with Gasteiger partial charge in [0.15, 0.2) is 0 Å². The van der Waals surface area contributed by atoms with Crippen molar-refractivity contribution in [2.75, 3.05) is 0 Å². The zero-order valence-corrected chi connectivity index (χ0v) is 5.94. The number of hydrogen-bond acceptors (Lipinski definition) is 4. The molecule has 2 aliphatic heterocycles. The first-order chi connectivity index (χ1) is 5.79. The van der Waals surface area contributed by atoms with Crippen molar-refractivity contribution in [3.63, 3.8) is 0 Å². The third-order valence-corrected chi connectivity index (χ3v) is 1.55. The van der Waals surface area contributed by atoms with Gasteiger partial charge >= 0.3 is 11.9 Å². The fourth-order valence-corrected chi connectivity index (χ4v) is 0.990. The minimum Gasteiger partial charge on any atom is -0.431 e. The summed E-state index contributed by atoms with van der Waals surface area (Å²) in [5.74, 6) is -1.04. The number of hydrogen-bond donors (Lipinski definition) is 0. The van der Waals surface area contributed by atoms with Gasteiger partial charge in [0.05, 0.1) is 23.7 Å². The number of carbonyl (C=O) groups is 2. The first-order valence-electron chi connectivity index (χ1n) is 3.28. The first-order valence-corrected chi connectivity index (χ1v) is 3.28. The van der Waals surface area contributed by atoms with Gasteiger partial charge in [-0.1, -0.05) is 0 Å². The van der Waals surface area contributed by atoms with Gasteiger partial charge in [0.25, 0.3) is 0 Å². The second-order valence-electron chi connectivity index (χ2n) is 2.24. The maximum atomic E-state index is 10.9. The molecule has 2 aliphatic rings. The molecule has 0 unspecified atom stereocenters. The fraction of sp³-hybridized carbons (Fsp3) is 0. The van der Waals surface area contributed by atoms with Crippen LogP contribution in [0.4, 0.5) is 0 Å². The van der Waals surface area contributed by atoms with E-state index in [1.807, 2.05) is 0 Å². The van der Waals surface area contributed by atoms with E-state index in [4.69, 9.17) is 0 Å². The number of cyclic esters (lactones) is 2. The second kappa shape index (κ2) is 2.34. The maximum absolute atomic E-state index is 10.9. The van der Waals surface area contributed by atoms with Crippen LogP contribution in [-0.4, -0.2) is 11.9 Å². The normalized spacial score (nSPS) is 26.3. The van der Waals surface area contributed by atoms with Crippen molar-refractivity contribution in [1.82, 2.24) is 0 Å². The molecule has 0 aromatic heterocycles. The molecule has 0 amide bonds. The molecule has 0 aromatic rings. The summed E-state index contributed by atoms with van der Waals surface area (Å²) in [5, 5.41) is 0. The van der Waals surface area contributed by atoms with Gasteiger partial charge in [-0.3, -0.25) is 0 Å². The van der Waals surface area contributed by atoms with Crippen LogP contribution in [0.1, 0.15) is 0 Å². The molecule has 4 nitrogen and oxygen atoms in total. The summed E-state index contributed by atoms with van der Waals surface area (Å²) in [6, 6.07) is 0. The van der Waals surface area contributed by atoms with Crippen molar-refractivity contribution < 1.29 is 19.1 Å². The molecule has 0 radical (unpaired) electrons. The third kappa shape index (κ3) is 0.852. The molecule has 0 bridgehead atoms. The van der Waals surface area contributed by atoms with E-state index in [0.29, 0.717) is 0 Å². The quantitative estimate of drug-likeness (QED) is 0.384. The highest BCUT2D eigenvalue weighted by Gasteiger charge is 2.24. The highest BCUT2D eigenvalue weighted by Crippen LogP contribution is 2.20. The van der Waals surface area contributed by atoms with E-state index in [0.717, 1.165) is 0 Å². The average Bonchev–Trinajstić information content (AvgIpc) is 2.59. The largest absolute Gasteiger partial charge is 0.431 e. The molecule has 0 saturated carbocycles. The Kier molecular flexibility index (Phi) is 1.33. The Morgan fingerprint density at radius 2 is 1.25 bits per heavy atom. The zero-order chi connectivity index (χ0) is 8.55. The van der Waals surface area contributed by atoms with Gasteiger partial charge in [-0.25, -0.2) is 9.59 Å². The molecular weight excluding hydrogens is 160 g/mol. The zero-order valence-electron chi connectivity index (χ0n) is 5.94. The van der Waals surface area contributed by atoms with Crippen LogP contribution >= 0.6 is 0 Å². The minimum atomic E-state index is -0.520. The summed E-state index contributed by atoms with van der Waals surface area (Å²) in [4.78, 5) is 21.8. The molecule has 0 aliphatic carbocycles. The number of rotatable bonds is 0. The molecule has 0 fully saturated rings. The van der Waals surface area contributed by atoms with Crippen LogP contribution in [0.25, 0.3) is 0 Å². The van der Waals surface area contributed by atoms with Gasteiger partial charge in [-0.05, 0) is 12.2 Å². The Hall–Kier alpha value is -1.84. The average molecular weight is 164 g/mol. The fourth-order valence-electron chi connectivity index (χ4n) is 0.990. The lowest BCUT2D eigenvalue weighted by Crippen LogP contribution is -2.04. The van der Waals surface area contributed by atoms with E-state index in [1.54, 1.807) is 0 Å². The first kappa shape index (κ1) is 6.84. The Balaban J connectivity index is 2.48. The molecule has 12 heavy (non-hydrogen) atoms. The SMILES string of the molecule is O=C1OC=C/C1=C1/C=COC1=O. The number of ether oxygens (including phenoxy) is 2. The topological polar surface area (TPSA) is 52.6 Å². The van der Waals surface area contributed by atoms with Gasteiger partial charge in [0.1, 0.15) is 0 Å². The molecule has 4 heteroatoms. The Morgan fingerprint density at radius 3 is 1.50 bits per heavy atom. The smallest absolute Gasteiger partial charge is 0.343 e. The second-order valence-corrected chi connectivity index (χ2v) is 2.24. The molecule has 2 rings (SSSR count). The summed E-state index contributed by atoms with van der Waals surface area (Å²) in [6.45, 7) is 0. The van der Waals surface area contributed by atoms with Crippen molar-refractivity contribution in [2.24, 2.45) is 0 Å². The number of esters is 2. The van der Waals surface area contributed by atoms with Crippen LogP contribution in [0.5, 0.6) is 0 Å². The maximum Gasteiger partial charge on any atom is 0.343 e. The van der Waals surface area contributed by atoms with Crippen molar-refractivity contribution in [1.29, 1.82) is 0 Å². The Bertz CT molecular complexity index is 312. The molecule has 0 spiro atoms. The lowest BCUT2D eigenvalue weighted by molar-refractivity contribution is -0.134. The van der Waals surface area contributed by atoms with Crippen LogP contribution in [0.15, 0.2) is 35.8 Å². The highest BCUT2D eigenvalue weighted by atomic mass is 16.5. The van der Waals surface area contributed by atoms with Crippen LogP contribution in [0, 0.1) is 0 Å². The number of carbonyl (C=O) groups excluding carboxylic acids is 2. The standard InChI is InChI=1S/C8H4O4/c9-7-5(1-3-11-7)6-2-4-12-8(6)10/h1-4H/b6-5+. The van der Waals surface area contributed by atoms with Crippen molar-refractivity contribution >= 4 is 11.9 Å². The molecule has 0 saturated heterocycles. The van der Waals surface area contributed by atoms with E-state index in [2.05, 4.69) is 9.47 Å². The third-order valence-electron chi connectivity index (χ3n) is 1.55. The highest BCUT2D eigenvalue weighted by molar-refractivity contribution is 6.06. The monoisotopic (exact) mass is 164 g/mol. The summed E-state index contributed by atoms with van der Waals surface area (Å²) in [6.07, 6.45) is 5.36.